The van der Waals surface area contributed by atoms with Crippen molar-refractivity contribution in [3.05, 3.63) is 54.4 Å². The van der Waals surface area contributed by atoms with Crippen LogP contribution in [0, 0.1) is 0 Å². The smallest absolute Gasteiger partial charge is 0.238 e. The lowest BCUT2D eigenvalue weighted by atomic mass is 10.1. The van der Waals surface area contributed by atoms with Crippen LogP contribution >= 0.6 is 0 Å². The minimum atomic E-state index is -0.0740. The number of carbonyl (C=O) groups excluding carboxylic acids is 2. The van der Waals surface area contributed by atoms with Gasteiger partial charge in [-0.2, -0.15) is 0 Å². The topological polar surface area (TPSA) is 82.8 Å². The number of fused-ring (bicyclic) bond motifs is 1. The Bertz CT molecular complexity index is 1010. The number of benzene rings is 1. The number of hydrogen-bond donors (Lipinski definition) is 1. The van der Waals surface area contributed by atoms with Crippen LogP contribution in [0.25, 0.3) is 5.65 Å². The second-order valence-electron chi connectivity index (χ2n) is 6.89. The maximum atomic E-state index is 12.4. The van der Waals surface area contributed by atoms with E-state index in [0.717, 1.165) is 37.6 Å². The molecular weight excluding hydrogens is 356 g/mol. The standard InChI is InChI=1S/C20H22N6O2/c1-15(27)16-4-2-5-17(12-16)22-19(28)13-24-8-10-25(11-9-24)20-7-3-6-18-23-21-14-26(18)20/h2-7,12,14H,8-11,13H2,1H3,(H,22,28). The van der Waals surface area contributed by atoms with E-state index in [0.29, 0.717) is 17.8 Å². The van der Waals surface area contributed by atoms with Gasteiger partial charge in [0.1, 0.15) is 12.1 Å². The minimum Gasteiger partial charge on any atom is -0.355 e. The third-order valence-corrected chi connectivity index (χ3v) is 4.93. The SMILES string of the molecule is CC(=O)c1cccc(NC(=O)CN2CCN(c3cccc4nncn34)CC2)c1. The summed E-state index contributed by atoms with van der Waals surface area (Å²) in [7, 11) is 0. The van der Waals surface area contributed by atoms with Gasteiger partial charge in [-0.05, 0) is 31.2 Å². The highest BCUT2D eigenvalue weighted by Crippen LogP contribution is 2.18. The Balaban J connectivity index is 1.33. The Morgan fingerprint density at radius 2 is 1.86 bits per heavy atom. The summed E-state index contributed by atoms with van der Waals surface area (Å²) in [5.74, 6) is 0.970. The van der Waals surface area contributed by atoms with E-state index in [2.05, 4.69) is 31.4 Å². The van der Waals surface area contributed by atoms with Crippen LogP contribution in [0.1, 0.15) is 17.3 Å². The molecule has 1 N–H and O–H groups in total. The van der Waals surface area contributed by atoms with E-state index in [1.54, 1.807) is 30.6 Å². The highest BCUT2D eigenvalue weighted by molar-refractivity contribution is 5.97. The quantitative estimate of drug-likeness (QED) is 0.681. The number of Topliss-reactive ketones (excluding diaryl/α,β-unsaturated/α-hetero) is 1. The highest BCUT2D eigenvalue weighted by Gasteiger charge is 2.21. The summed E-state index contributed by atoms with van der Waals surface area (Å²) in [5.41, 5.74) is 2.07. The van der Waals surface area contributed by atoms with Gasteiger partial charge in [0.15, 0.2) is 11.4 Å². The molecule has 1 fully saturated rings. The number of piperazine rings is 1. The molecule has 0 radical (unpaired) electrons. The van der Waals surface area contributed by atoms with Crippen molar-refractivity contribution in [2.45, 2.75) is 6.92 Å². The van der Waals surface area contributed by atoms with Crippen LogP contribution in [-0.4, -0.2) is 63.9 Å². The van der Waals surface area contributed by atoms with Gasteiger partial charge < -0.3 is 10.2 Å². The summed E-state index contributed by atoms with van der Waals surface area (Å²) in [4.78, 5) is 28.3. The number of rotatable bonds is 5. The summed E-state index contributed by atoms with van der Waals surface area (Å²) >= 11 is 0. The first-order chi connectivity index (χ1) is 13.6. The molecular formula is C20H22N6O2. The molecule has 0 unspecified atom stereocenters. The zero-order valence-corrected chi connectivity index (χ0v) is 15.7. The second kappa shape index (κ2) is 7.77. The molecule has 28 heavy (non-hydrogen) atoms. The van der Waals surface area contributed by atoms with Crippen molar-refractivity contribution < 1.29 is 9.59 Å². The normalized spacial score (nSPS) is 15.0. The zero-order chi connectivity index (χ0) is 19.5. The number of nitrogens with one attached hydrogen (secondary N) is 1. The number of pyridine rings is 1. The molecule has 1 aliphatic heterocycles. The summed E-state index contributed by atoms with van der Waals surface area (Å²) in [6.07, 6.45) is 1.72. The zero-order valence-electron chi connectivity index (χ0n) is 15.7. The van der Waals surface area contributed by atoms with Gasteiger partial charge in [0.05, 0.1) is 6.54 Å². The summed E-state index contributed by atoms with van der Waals surface area (Å²) in [5, 5.41) is 10.9. The van der Waals surface area contributed by atoms with Crippen LogP contribution in [0.2, 0.25) is 0 Å². The number of aromatic nitrogens is 3. The molecule has 0 spiro atoms. The summed E-state index contributed by atoms with van der Waals surface area (Å²) in [6.45, 7) is 5.07. The molecule has 3 heterocycles. The van der Waals surface area contributed by atoms with Crippen LogP contribution in [-0.2, 0) is 4.79 Å². The van der Waals surface area contributed by atoms with Crippen molar-refractivity contribution in [2.24, 2.45) is 0 Å². The average Bonchev–Trinajstić information content (AvgIpc) is 3.17. The molecule has 8 nitrogen and oxygen atoms in total. The largest absolute Gasteiger partial charge is 0.355 e. The van der Waals surface area contributed by atoms with Crippen molar-refractivity contribution in [2.75, 3.05) is 42.9 Å². The molecule has 0 saturated carbocycles. The maximum absolute atomic E-state index is 12.4. The van der Waals surface area contributed by atoms with Crippen molar-refractivity contribution >= 4 is 28.8 Å². The number of ketones is 1. The van der Waals surface area contributed by atoms with E-state index in [1.807, 2.05) is 16.5 Å². The van der Waals surface area contributed by atoms with Gasteiger partial charge in [0.2, 0.25) is 5.91 Å². The van der Waals surface area contributed by atoms with Crippen LogP contribution in [0.4, 0.5) is 11.5 Å². The van der Waals surface area contributed by atoms with Crippen LogP contribution in [0.3, 0.4) is 0 Å². The van der Waals surface area contributed by atoms with E-state index in [4.69, 9.17) is 0 Å². The Labute approximate surface area is 162 Å². The summed E-state index contributed by atoms with van der Waals surface area (Å²) in [6, 6.07) is 13.0. The lowest BCUT2D eigenvalue weighted by Crippen LogP contribution is -2.49. The molecule has 8 heteroatoms. The number of amides is 1. The van der Waals surface area contributed by atoms with Crippen LogP contribution in [0.5, 0.6) is 0 Å². The second-order valence-corrected chi connectivity index (χ2v) is 6.89. The molecule has 0 aliphatic carbocycles. The monoisotopic (exact) mass is 378 g/mol. The van der Waals surface area contributed by atoms with Gasteiger partial charge in [0.25, 0.3) is 0 Å². The van der Waals surface area contributed by atoms with Gasteiger partial charge in [-0.1, -0.05) is 18.2 Å². The van der Waals surface area contributed by atoms with Crippen molar-refractivity contribution in [1.82, 2.24) is 19.5 Å². The predicted molar refractivity (Wildman–Crippen MR) is 107 cm³/mol. The molecule has 1 saturated heterocycles. The van der Waals surface area contributed by atoms with E-state index >= 15 is 0 Å². The number of anilines is 2. The highest BCUT2D eigenvalue weighted by atomic mass is 16.2. The van der Waals surface area contributed by atoms with Crippen molar-refractivity contribution in [3.8, 4) is 0 Å². The molecule has 144 valence electrons. The Morgan fingerprint density at radius 1 is 1.07 bits per heavy atom. The van der Waals surface area contributed by atoms with Crippen molar-refractivity contribution in [3.63, 3.8) is 0 Å². The van der Waals surface area contributed by atoms with Crippen LogP contribution in [0.15, 0.2) is 48.8 Å². The minimum absolute atomic E-state index is 0.0182. The molecule has 1 aromatic carbocycles. The average molecular weight is 378 g/mol. The van der Waals surface area contributed by atoms with Crippen molar-refractivity contribution in [1.29, 1.82) is 0 Å². The van der Waals surface area contributed by atoms with E-state index in [1.165, 1.54) is 6.92 Å². The van der Waals surface area contributed by atoms with E-state index < -0.39 is 0 Å². The van der Waals surface area contributed by atoms with Crippen LogP contribution < -0.4 is 10.2 Å². The lowest BCUT2D eigenvalue weighted by Gasteiger charge is -2.35. The predicted octanol–water partition coefficient (Wildman–Crippen LogP) is 1.69. The Morgan fingerprint density at radius 3 is 2.64 bits per heavy atom. The molecule has 1 amide bonds. The number of carbonyl (C=O) groups is 2. The Hall–Kier alpha value is -3.26. The molecule has 4 rings (SSSR count). The van der Waals surface area contributed by atoms with Gasteiger partial charge in [-0.15, -0.1) is 10.2 Å². The fourth-order valence-corrected chi connectivity index (χ4v) is 3.45. The molecule has 2 aromatic heterocycles. The van der Waals surface area contributed by atoms with E-state index in [-0.39, 0.29) is 11.7 Å². The van der Waals surface area contributed by atoms with Gasteiger partial charge >= 0.3 is 0 Å². The molecule has 3 aromatic rings. The van der Waals surface area contributed by atoms with E-state index in [9.17, 15) is 9.59 Å². The third-order valence-electron chi connectivity index (χ3n) is 4.93. The first kappa shape index (κ1) is 18.1. The van der Waals surface area contributed by atoms with Gasteiger partial charge in [-0.25, -0.2) is 0 Å². The van der Waals surface area contributed by atoms with Gasteiger partial charge in [-0.3, -0.25) is 18.9 Å². The molecule has 0 bridgehead atoms. The fraction of sp³-hybridized carbons (Fsp3) is 0.300. The third kappa shape index (κ3) is 3.86. The number of nitrogens with zero attached hydrogens (tertiary/aromatic N) is 5. The molecule has 0 atom stereocenters. The summed E-state index contributed by atoms with van der Waals surface area (Å²) < 4.78 is 1.98. The molecule has 1 aliphatic rings. The lowest BCUT2D eigenvalue weighted by molar-refractivity contribution is -0.117. The fourth-order valence-electron chi connectivity index (χ4n) is 3.45. The van der Waals surface area contributed by atoms with Gasteiger partial charge in [0, 0.05) is 37.4 Å². The first-order valence-corrected chi connectivity index (χ1v) is 9.27. The first-order valence-electron chi connectivity index (χ1n) is 9.27. The number of hydrogen-bond acceptors (Lipinski definition) is 6. The Kier molecular flexibility index (Phi) is 5.03. The maximum Gasteiger partial charge on any atom is 0.238 e.